The van der Waals surface area contributed by atoms with E-state index in [0.717, 1.165) is 32.1 Å². The van der Waals surface area contributed by atoms with Crippen molar-refractivity contribution in [2.24, 2.45) is 11.7 Å². The van der Waals surface area contributed by atoms with Gasteiger partial charge in [0.25, 0.3) is 0 Å². The van der Waals surface area contributed by atoms with Gasteiger partial charge >= 0.3 is 0 Å². The Kier molecular flexibility index (Phi) is 11.8. The van der Waals surface area contributed by atoms with Crippen LogP contribution in [0.2, 0.25) is 0 Å². The zero-order valence-corrected chi connectivity index (χ0v) is 13.5. The number of hydrogen-bond donors (Lipinski definition) is 3. The third-order valence-electron chi connectivity index (χ3n) is 3.66. The van der Waals surface area contributed by atoms with Crippen LogP contribution in [0, 0.1) is 5.92 Å². The van der Waals surface area contributed by atoms with Crippen LogP contribution in [0.3, 0.4) is 0 Å². The number of carbonyl (C=O) groups excluding carboxylic acids is 1. The van der Waals surface area contributed by atoms with Crippen molar-refractivity contribution in [3.8, 4) is 0 Å². The Morgan fingerprint density at radius 3 is 2.25 bits per heavy atom. The SMILES string of the molecule is CCCCC(CNC(C)C)C(N)=O.OC1CCCCC1. The first-order valence-electron chi connectivity index (χ1n) is 8.18. The van der Waals surface area contributed by atoms with Crippen molar-refractivity contribution in [2.75, 3.05) is 6.54 Å². The molecule has 1 atom stereocenters. The number of unbranched alkanes of at least 4 members (excludes halogenated alkanes) is 1. The molecule has 0 aromatic rings. The molecule has 1 rings (SSSR count). The van der Waals surface area contributed by atoms with Crippen LogP contribution in [0.25, 0.3) is 0 Å². The van der Waals surface area contributed by atoms with Crippen molar-refractivity contribution in [2.45, 2.75) is 84.3 Å². The van der Waals surface area contributed by atoms with E-state index in [2.05, 4.69) is 26.1 Å². The molecule has 1 amide bonds. The minimum absolute atomic E-state index is 0.00218. The summed E-state index contributed by atoms with van der Waals surface area (Å²) in [5.74, 6) is -0.177. The van der Waals surface area contributed by atoms with Crippen LogP contribution >= 0.6 is 0 Å². The van der Waals surface area contributed by atoms with Crippen LogP contribution in [0.4, 0.5) is 0 Å². The maximum Gasteiger partial charge on any atom is 0.221 e. The van der Waals surface area contributed by atoms with E-state index >= 15 is 0 Å². The number of nitrogens with two attached hydrogens (primary N) is 1. The predicted molar refractivity (Wildman–Crippen MR) is 84.4 cm³/mol. The zero-order valence-electron chi connectivity index (χ0n) is 13.5. The van der Waals surface area contributed by atoms with E-state index in [-0.39, 0.29) is 17.9 Å². The Labute approximate surface area is 124 Å². The van der Waals surface area contributed by atoms with E-state index in [1.54, 1.807) is 0 Å². The Balaban J connectivity index is 0.000000428. The van der Waals surface area contributed by atoms with Gasteiger partial charge in [0, 0.05) is 12.6 Å². The summed E-state index contributed by atoms with van der Waals surface area (Å²) in [7, 11) is 0. The number of hydrogen-bond acceptors (Lipinski definition) is 3. The molecule has 0 aromatic carbocycles. The predicted octanol–water partition coefficient (Wildman–Crippen LogP) is 2.59. The molecule has 120 valence electrons. The standard InChI is InChI=1S/C10H22N2O.C6H12O/c1-4-5-6-9(10(11)13)7-12-8(2)3;7-6-4-2-1-3-5-6/h8-9,12H,4-7H2,1-3H3,(H2,11,13);6-7H,1-5H2. The average molecular weight is 286 g/mol. The lowest BCUT2D eigenvalue weighted by Gasteiger charge is -2.15. The van der Waals surface area contributed by atoms with Gasteiger partial charge in [0.05, 0.1) is 12.0 Å². The summed E-state index contributed by atoms with van der Waals surface area (Å²) in [5.41, 5.74) is 5.28. The Hall–Kier alpha value is -0.610. The number of primary amides is 1. The largest absolute Gasteiger partial charge is 0.393 e. The molecule has 0 aliphatic heterocycles. The van der Waals surface area contributed by atoms with Crippen molar-refractivity contribution in [1.29, 1.82) is 0 Å². The number of amides is 1. The van der Waals surface area contributed by atoms with Gasteiger partial charge in [0.1, 0.15) is 0 Å². The van der Waals surface area contributed by atoms with Crippen molar-refractivity contribution < 1.29 is 9.90 Å². The highest BCUT2D eigenvalue weighted by molar-refractivity contribution is 5.76. The normalized spacial score (nSPS) is 17.4. The number of nitrogens with one attached hydrogen (secondary N) is 1. The molecule has 1 unspecified atom stereocenters. The van der Waals surface area contributed by atoms with Crippen LogP contribution in [0.1, 0.15) is 72.1 Å². The van der Waals surface area contributed by atoms with E-state index in [9.17, 15) is 4.79 Å². The fraction of sp³-hybridized carbons (Fsp3) is 0.938. The molecule has 0 spiro atoms. The Morgan fingerprint density at radius 2 is 1.90 bits per heavy atom. The number of aliphatic hydroxyl groups excluding tert-OH is 1. The molecule has 4 heteroatoms. The second kappa shape index (κ2) is 12.2. The van der Waals surface area contributed by atoms with Gasteiger partial charge in [-0.15, -0.1) is 0 Å². The molecule has 0 saturated heterocycles. The van der Waals surface area contributed by atoms with E-state index in [4.69, 9.17) is 10.8 Å². The monoisotopic (exact) mass is 286 g/mol. The summed E-state index contributed by atoms with van der Waals surface area (Å²) < 4.78 is 0. The molecule has 20 heavy (non-hydrogen) atoms. The van der Waals surface area contributed by atoms with Crippen LogP contribution in [-0.2, 0) is 4.79 Å². The molecule has 1 saturated carbocycles. The number of rotatable bonds is 7. The van der Waals surface area contributed by atoms with Crippen LogP contribution < -0.4 is 11.1 Å². The molecule has 1 fully saturated rings. The topological polar surface area (TPSA) is 75.3 Å². The van der Waals surface area contributed by atoms with E-state index < -0.39 is 0 Å². The highest BCUT2D eigenvalue weighted by Crippen LogP contribution is 2.16. The lowest BCUT2D eigenvalue weighted by Crippen LogP contribution is -2.36. The minimum Gasteiger partial charge on any atom is -0.393 e. The van der Waals surface area contributed by atoms with Crippen LogP contribution in [0.15, 0.2) is 0 Å². The Morgan fingerprint density at radius 1 is 1.30 bits per heavy atom. The van der Waals surface area contributed by atoms with Crippen LogP contribution in [-0.4, -0.2) is 29.7 Å². The molecule has 0 heterocycles. The molecule has 1 aliphatic rings. The van der Waals surface area contributed by atoms with Crippen molar-refractivity contribution in [3.05, 3.63) is 0 Å². The van der Waals surface area contributed by atoms with Gasteiger partial charge in [-0.2, -0.15) is 0 Å². The van der Waals surface area contributed by atoms with Crippen molar-refractivity contribution in [3.63, 3.8) is 0 Å². The maximum atomic E-state index is 11.0. The van der Waals surface area contributed by atoms with Crippen molar-refractivity contribution >= 4 is 5.91 Å². The molecule has 0 radical (unpaired) electrons. The first kappa shape index (κ1) is 19.4. The summed E-state index contributed by atoms with van der Waals surface area (Å²) in [6.07, 6.45) is 9.03. The smallest absolute Gasteiger partial charge is 0.221 e. The molecular weight excluding hydrogens is 252 g/mol. The van der Waals surface area contributed by atoms with E-state index in [0.29, 0.717) is 12.6 Å². The second-order valence-corrected chi connectivity index (χ2v) is 6.10. The third kappa shape index (κ3) is 11.2. The third-order valence-corrected chi connectivity index (χ3v) is 3.66. The zero-order chi connectivity index (χ0) is 15.4. The summed E-state index contributed by atoms with van der Waals surface area (Å²) in [6, 6.07) is 0.420. The molecule has 0 aromatic heterocycles. The van der Waals surface area contributed by atoms with Gasteiger partial charge in [0.2, 0.25) is 5.91 Å². The first-order valence-corrected chi connectivity index (χ1v) is 8.18. The number of carbonyl (C=O) groups is 1. The average Bonchev–Trinajstić information content (AvgIpc) is 2.39. The quantitative estimate of drug-likeness (QED) is 0.673. The maximum absolute atomic E-state index is 11.0. The Bertz CT molecular complexity index is 239. The highest BCUT2D eigenvalue weighted by Gasteiger charge is 2.14. The summed E-state index contributed by atoms with van der Waals surface area (Å²) in [4.78, 5) is 11.0. The fourth-order valence-electron chi connectivity index (χ4n) is 2.25. The lowest BCUT2D eigenvalue weighted by atomic mass is 9.98. The van der Waals surface area contributed by atoms with Gasteiger partial charge < -0.3 is 16.2 Å². The van der Waals surface area contributed by atoms with Gasteiger partial charge in [-0.25, -0.2) is 0 Å². The molecular formula is C16H34N2O2. The molecule has 4 N–H and O–H groups in total. The lowest BCUT2D eigenvalue weighted by molar-refractivity contribution is -0.121. The first-order chi connectivity index (χ1) is 9.47. The fourth-order valence-corrected chi connectivity index (χ4v) is 2.25. The van der Waals surface area contributed by atoms with Gasteiger partial charge in [-0.3, -0.25) is 4.79 Å². The van der Waals surface area contributed by atoms with E-state index in [1.807, 2.05) is 0 Å². The summed E-state index contributed by atoms with van der Waals surface area (Å²) in [5, 5.41) is 12.1. The van der Waals surface area contributed by atoms with E-state index in [1.165, 1.54) is 19.3 Å². The van der Waals surface area contributed by atoms with Crippen molar-refractivity contribution in [1.82, 2.24) is 5.32 Å². The molecule has 0 bridgehead atoms. The molecule has 4 nitrogen and oxygen atoms in total. The number of aliphatic hydroxyl groups is 1. The van der Waals surface area contributed by atoms with Gasteiger partial charge in [-0.1, -0.05) is 52.9 Å². The van der Waals surface area contributed by atoms with Gasteiger partial charge in [0.15, 0.2) is 0 Å². The highest BCUT2D eigenvalue weighted by atomic mass is 16.3. The summed E-state index contributed by atoms with van der Waals surface area (Å²) >= 11 is 0. The minimum atomic E-state index is -0.179. The van der Waals surface area contributed by atoms with Gasteiger partial charge in [-0.05, 0) is 19.3 Å². The van der Waals surface area contributed by atoms with Crippen LogP contribution in [0.5, 0.6) is 0 Å². The summed E-state index contributed by atoms with van der Waals surface area (Å²) in [6.45, 7) is 6.97. The molecule has 1 aliphatic carbocycles. The second-order valence-electron chi connectivity index (χ2n) is 6.10.